The van der Waals surface area contributed by atoms with Crippen molar-refractivity contribution in [3.8, 4) is 0 Å². The number of amides is 1. The fourth-order valence-corrected chi connectivity index (χ4v) is 3.87. The number of hydrogen-bond acceptors (Lipinski definition) is 3. The van der Waals surface area contributed by atoms with Gasteiger partial charge < -0.3 is 5.32 Å². The summed E-state index contributed by atoms with van der Waals surface area (Å²) in [4.78, 5) is 28.7. The Morgan fingerprint density at radius 1 is 1.13 bits per heavy atom. The van der Waals surface area contributed by atoms with E-state index in [4.69, 9.17) is 0 Å². The van der Waals surface area contributed by atoms with Crippen LogP contribution in [-0.4, -0.2) is 23.2 Å². The lowest BCUT2D eigenvalue weighted by Gasteiger charge is -2.25. The number of ketones is 1. The van der Waals surface area contributed by atoms with Crippen molar-refractivity contribution in [1.29, 1.82) is 0 Å². The third-order valence-corrected chi connectivity index (χ3v) is 5.24. The molecule has 1 heterocycles. The molecule has 1 unspecified atom stereocenters. The Morgan fingerprint density at radius 2 is 1.87 bits per heavy atom. The Kier molecular flexibility index (Phi) is 5.42. The van der Waals surface area contributed by atoms with Crippen molar-refractivity contribution in [2.75, 3.05) is 6.54 Å². The van der Waals surface area contributed by atoms with Gasteiger partial charge in [0.05, 0.1) is 5.92 Å². The Hall–Kier alpha value is -1.71. The highest BCUT2D eigenvalue weighted by Crippen LogP contribution is 2.30. The van der Waals surface area contributed by atoms with Gasteiger partial charge in [0, 0.05) is 19.2 Å². The second-order valence-corrected chi connectivity index (χ2v) is 6.91. The van der Waals surface area contributed by atoms with Crippen molar-refractivity contribution in [3.63, 3.8) is 0 Å². The molecule has 1 fully saturated rings. The van der Waals surface area contributed by atoms with Gasteiger partial charge in [-0.1, -0.05) is 38.2 Å². The molecule has 1 amide bonds. The first-order chi connectivity index (χ1) is 11.3. The van der Waals surface area contributed by atoms with Gasteiger partial charge >= 0.3 is 0 Å². The second kappa shape index (κ2) is 7.71. The lowest BCUT2D eigenvalue weighted by atomic mass is 9.84. The smallest absolute Gasteiger partial charge is 0.227 e. The van der Waals surface area contributed by atoms with E-state index < -0.39 is 0 Å². The molecule has 3 rings (SSSR count). The minimum Gasteiger partial charge on any atom is -0.355 e. The largest absolute Gasteiger partial charge is 0.355 e. The molecule has 0 aromatic carbocycles. The maximum atomic E-state index is 12.6. The van der Waals surface area contributed by atoms with Crippen LogP contribution in [0.3, 0.4) is 0 Å². The van der Waals surface area contributed by atoms with E-state index in [9.17, 15) is 9.59 Å². The summed E-state index contributed by atoms with van der Waals surface area (Å²) in [5, 5.41) is 3.15. The van der Waals surface area contributed by atoms with Crippen molar-refractivity contribution < 1.29 is 9.59 Å². The van der Waals surface area contributed by atoms with Crippen LogP contribution in [-0.2, 0) is 4.79 Å². The molecule has 0 saturated heterocycles. The summed E-state index contributed by atoms with van der Waals surface area (Å²) in [5.74, 6) is 0.515. The fraction of sp³-hybridized carbons (Fsp3) is 0.632. The average Bonchev–Trinajstić information content (AvgIpc) is 2.54. The van der Waals surface area contributed by atoms with Crippen LogP contribution < -0.4 is 5.32 Å². The van der Waals surface area contributed by atoms with Crippen LogP contribution in [0.2, 0.25) is 0 Å². The van der Waals surface area contributed by atoms with E-state index in [1.54, 1.807) is 6.20 Å². The van der Waals surface area contributed by atoms with Crippen molar-refractivity contribution in [2.45, 2.75) is 63.7 Å². The zero-order valence-corrected chi connectivity index (χ0v) is 13.7. The number of nitrogens with one attached hydrogen (secondary N) is 1. The van der Waals surface area contributed by atoms with Crippen LogP contribution >= 0.6 is 0 Å². The number of pyridine rings is 1. The number of Topliss-reactive ketones (excluding diaryl/α,β-unsaturated/α-hetero) is 1. The van der Waals surface area contributed by atoms with Crippen molar-refractivity contribution in [1.82, 2.24) is 10.3 Å². The topological polar surface area (TPSA) is 59.1 Å². The third-order valence-electron chi connectivity index (χ3n) is 5.24. The molecule has 0 aliphatic heterocycles. The summed E-state index contributed by atoms with van der Waals surface area (Å²) in [6.07, 6.45) is 11.7. The highest BCUT2D eigenvalue weighted by atomic mass is 16.2. The van der Waals surface area contributed by atoms with Gasteiger partial charge in [0.25, 0.3) is 0 Å². The van der Waals surface area contributed by atoms with Crippen molar-refractivity contribution in [2.24, 2.45) is 5.92 Å². The number of nitrogens with zero attached hydrogens (tertiary/aromatic N) is 1. The molecule has 1 N–H and O–H groups in total. The molecular formula is C19H26N2O2. The van der Waals surface area contributed by atoms with Crippen LogP contribution in [0.25, 0.3) is 0 Å². The highest BCUT2D eigenvalue weighted by Gasteiger charge is 2.31. The van der Waals surface area contributed by atoms with Crippen LogP contribution in [0.4, 0.5) is 0 Å². The predicted molar refractivity (Wildman–Crippen MR) is 89.4 cm³/mol. The summed E-state index contributed by atoms with van der Waals surface area (Å²) in [6.45, 7) is 0.777. The molecule has 1 saturated carbocycles. The van der Waals surface area contributed by atoms with Gasteiger partial charge in [-0.2, -0.15) is 0 Å². The molecule has 0 spiro atoms. The van der Waals surface area contributed by atoms with E-state index >= 15 is 0 Å². The monoisotopic (exact) mass is 314 g/mol. The molecule has 2 aliphatic carbocycles. The first-order valence-corrected chi connectivity index (χ1v) is 9.01. The zero-order valence-electron chi connectivity index (χ0n) is 13.7. The van der Waals surface area contributed by atoms with Crippen LogP contribution in [0, 0.1) is 5.92 Å². The summed E-state index contributed by atoms with van der Waals surface area (Å²) in [5.41, 5.74) is 1.30. The Balaban J connectivity index is 1.60. The molecule has 2 aliphatic rings. The van der Waals surface area contributed by atoms with Crippen molar-refractivity contribution in [3.05, 3.63) is 29.6 Å². The summed E-state index contributed by atoms with van der Waals surface area (Å²) < 4.78 is 0. The molecule has 0 radical (unpaired) electrons. The normalized spacial score (nSPS) is 22.8. The molecular weight excluding hydrogens is 288 g/mol. The summed E-state index contributed by atoms with van der Waals surface area (Å²) >= 11 is 0. The predicted octanol–water partition coefficient (Wildman–Crippen LogP) is 3.62. The van der Waals surface area contributed by atoms with E-state index in [0.29, 0.717) is 24.5 Å². The SMILES string of the molecule is O=C1CCC(C(=O)NCC2CCCCCCC2)c2cccnc21. The maximum absolute atomic E-state index is 12.6. The van der Waals surface area contributed by atoms with Crippen LogP contribution in [0.15, 0.2) is 18.3 Å². The molecule has 0 bridgehead atoms. The van der Waals surface area contributed by atoms with Crippen molar-refractivity contribution >= 4 is 11.7 Å². The molecule has 4 nitrogen and oxygen atoms in total. The number of aromatic nitrogens is 1. The van der Waals surface area contributed by atoms with Gasteiger partial charge in [-0.25, -0.2) is 0 Å². The van der Waals surface area contributed by atoms with Gasteiger partial charge in [0.15, 0.2) is 5.78 Å². The number of fused-ring (bicyclic) bond motifs is 1. The summed E-state index contributed by atoms with van der Waals surface area (Å²) in [7, 11) is 0. The van der Waals surface area contributed by atoms with Gasteiger partial charge in [-0.05, 0) is 36.8 Å². The number of carbonyl (C=O) groups excluding carboxylic acids is 2. The van der Waals surface area contributed by atoms with E-state index in [2.05, 4.69) is 10.3 Å². The molecule has 124 valence electrons. The summed E-state index contributed by atoms with van der Waals surface area (Å²) in [6, 6.07) is 3.69. The van der Waals surface area contributed by atoms with E-state index in [1.165, 1.54) is 44.9 Å². The minimum atomic E-state index is -0.218. The first-order valence-electron chi connectivity index (χ1n) is 9.01. The molecule has 1 aromatic heterocycles. The number of hydrogen-bond donors (Lipinski definition) is 1. The minimum absolute atomic E-state index is 0.0599. The van der Waals surface area contributed by atoms with Gasteiger partial charge in [0.2, 0.25) is 5.91 Å². The Morgan fingerprint density at radius 3 is 2.65 bits per heavy atom. The zero-order chi connectivity index (χ0) is 16.1. The fourth-order valence-electron chi connectivity index (χ4n) is 3.87. The van der Waals surface area contributed by atoms with Gasteiger partial charge in [-0.3, -0.25) is 14.6 Å². The molecule has 1 aromatic rings. The first kappa shape index (κ1) is 16.2. The van der Waals surface area contributed by atoms with E-state index in [0.717, 1.165) is 12.1 Å². The Bertz CT molecular complexity index is 562. The second-order valence-electron chi connectivity index (χ2n) is 6.91. The lowest BCUT2D eigenvalue weighted by molar-refractivity contribution is -0.123. The maximum Gasteiger partial charge on any atom is 0.227 e. The van der Waals surface area contributed by atoms with E-state index in [1.807, 2.05) is 12.1 Å². The number of rotatable bonds is 3. The standard InChI is InChI=1S/C19H26N2O2/c22-17-11-10-16(15-9-6-12-20-18(15)17)19(23)21-13-14-7-4-2-1-3-5-8-14/h6,9,12,14,16H,1-5,7-8,10-11,13H2,(H,21,23). The Labute approximate surface area is 138 Å². The van der Waals surface area contributed by atoms with Gasteiger partial charge in [-0.15, -0.1) is 0 Å². The average molecular weight is 314 g/mol. The lowest BCUT2D eigenvalue weighted by Crippen LogP contribution is -2.36. The molecule has 4 heteroatoms. The quantitative estimate of drug-likeness (QED) is 0.927. The van der Waals surface area contributed by atoms with Crippen LogP contribution in [0.1, 0.15) is 79.8 Å². The molecule has 1 atom stereocenters. The highest BCUT2D eigenvalue weighted by molar-refractivity contribution is 6.00. The number of carbonyl (C=O) groups is 2. The molecule has 23 heavy (non-hydrogen) atoms. The van der Waals surface area contributed by atoms with Crippen LogP contribution in [0.5, 0.6) is 0 Å². The van der Waals surface area contributed by atoms with Gasteiger partial charge in [0.1, 0.15) is 5.69 Å². The van der Waals surface area contributed by atoms with E-state index in [-0.39, 0.29) is 17.6 Å². The third kappa shape index (κ3) is 3.98.